The fraction of sp³-hybridized carbons (Fsp3) is 0.0909. The lowest BCUT2D eigenvalue weighted by molar-refractivity contribution is 0.102. The number of aryl methyl sites for hydroxylation is 1. The average Bonchev–Trinajstić information content (AvgIpc) is 2.73. The molecular weight excluding hydrogens is 305 g/mol. The van der Waals surface area contributed by atoms with Crippen LogP contribution in [0.15, 0.2) is 28.6 Å². The Balaban J connectivity index is 2.41. The molecule has 0 saturated heterocycles. The van der Waals surface area contributed by atoms with Gasteiger partial charge in [0.15, 0.2) is 0 Å². The number of anilines is 1. The Kier molecular flexibility index (Phi) is 3.84. The minimum absolute atomic E-state index is 0.203. The highest BCUT2D eigenvalue weighted by Gasteiger charge is 2.19. The molecule has 0 atom stereocenters. The van der Waals surface area contributed by atoms with E-state index in [9.17, 15) is 17.6 Å². The van der Waals surface area contributed by atoms with Crippen LogP contribution in [0, 0.1) is 12.7 Å². The SMILES string of the molecule is Cc1ncsc1C(=O)Nc1cc(F)ccc1S(N)(=O)=O. The van der Waals surface area contributed by atoms with Gasteiger partial charge in [0, 0.05) is 0 Å². The van der Waals surface area contributed by atoms with E-state index in [2.05, 4.69) is 10.3 Å². The number of halogens is 1. The summed E-state index contributed by atoms with van der Waals surface area (Å²) in [5.41, 5.74) is 1.78. The van der Waals surface area contributed by atoms with Crippen molar-refractivity contribution in [3.63, 3.8) is 0 Å². The number of nitrogens with two attached hydrogens (primary N) is 1. The third-order valence-electron chi connectivity index (χ3n) is 2.45. The van der Waals surface area contributed by atoms with Gasteiger partial charge in [-0.1, -0.05) is 0 Å². The summed E-state index contributed by atoms with van der Waals surface area (Å²) in [5, 5.41) is 7.35. The molecule has 3 N–H and O–H groups in total. The lowest BCUT2D eigenvalue weighted by Crippen LogP contribution is -2.18. The Morgan fingerprint density at radius 2 is 2.15 bits per heavy atom. The molecule has 0 aliphatic heterocycles. The van der Waals surface area contributed by atoms with Crippen LogP contribution >= 0.6 is 11.3 Å². The van der Waals surface area contributed by atoms with Gasteiger partial charge in [-0.25, -0.2) is 22.9 Å². The second-order valence-corrected chi connectivity index (χ2v) is 6.29. The van der Waals surface area contributed by atoms with Crippen LogP contribution < -0.4 is 10.5 Å². The third kappa shape index (κ3) is 3.00. The number of hydrogen-bond donors (Lipinski definition) is 2. The van der Waals surface area contributed by atoms with Crippen molar-refractivity contribution < 1.29 is 17.6 Å². The van der Waals surface area contributed by atoms with Gasteiger partial charge in [0.25, 0.3) is 5.91 Å². The van der Waals surface area contributed by atoms with Crippen LogP contribution in [-0.2, 0) is 10.0 Å². The van der Waals surface area contributed by atoms with E-state index in [1.165, 1.54) is 5.51 Å². The first kappa shape index (κ1) is 14.6. The van der Waals surface area contributed by atoms with E-state index in [0.717, 1.165) is 29.5 Å². The number of hydrogen-bond acceptors (Lipinski definition) is 5. The third-order valence-corrected chi connectivity index (χ3v) is 4.34. The average molecular weight is 315 g/mol. The predicted molar refractivity (Wildman–Crippen MR) is 72.6 cm³/mol. The Hall–Kier alpha value is -1.84. The van der Waals surface area contributed by atoms with Crippen LogP contribution in [0.3, 0.4) is 0 Å². The topological polar surface area (TPSA) is 102 Å². The molecule has 0 bridgehead atoms. The number of carbonyl (C=O) groups excluding carboxylic acids is 1. The molecule has 0 unspecified atom stereocenters. The van der Waals surface area contributed by atoms with Crippen LogP contribution in [0.4, 0.5) is 10.1 Å². The molecule has 0 spiro atoms. The monoisotopic (exact) mass is 315 g/mol. The minimum atomic E-state index is -4.07. The number of amides is 1. The number of nitrogens with zero attached hydrogens (tertiary/aromatic N) is 1. The Labute approximate surface area is 118 Å². The fourth-order valence-corrected chi connectivity index (χ4v) is 2.92. The quantitative estimate of drug-likeness (QED) is 0.895. The molecule has 1 aromatic carbocycles. The molecule has 20 heavy (non-hydrogen) atoms. The van der Waals surface area contributed by atoms with Gasteiger partial charge in [0.2, 0.25) is 10.0 Å². The number of nitrogens with one attached hydrogen (secondary N) is 1. The van der Waals surface area contributed by atoms with E-state index in [-0.39, 0.29) is 10.6 Å². The Bertz CT molecular complexity index is 771. The summed E-state index contributed by atoms with van der Waals surface area (Å²) in [6.45, 7) is 1.64. The summed E-state index contributed by atoms with van der Waals surface area (Å²) >= 11 is 1.10. The maximum Gasteiger partial charge on any atom is 0.267 e. The molecule has 1 heterocycles. The van der Waals surface area contributed by atoms with E-state index in [1.54, 1.807) is 6.92 Å². The van der Waals surface area contributed by atoms with Crippen molar-refractivity contribution in [2.24, 2.45) is 5.14 Å². The molecule has 6 nitrogen and oxygen atoms in total. The molecule has 0 saturated carbocycles. The number of carbonyl (C=O) groups is 1. The highest BCUT2D eigenvalue weighted by molar-refractivity contribution is 7.89. The molecular formula is C11H10FN3O3S2. The van der Waals surface area contributed by atoms with Crippen LogP contribution in [0.1, 0.15) is 15.4 Å². The van der Waals surface area contributed by atoms with Gasteiger partial charge in [0.1, 0.15) is 15.6 Å². The zero-order valence-corrected chi connectivity index (χ0v) is 11.9. The molecule has 9 heteroatoms. The van der Waals surface area contributed by atoms with E-state index < -0.39 is 21.7 Å². The van der Waals surface area contributed by atoms with Crippen molar-refractivity contribution in [3.05, 3.63) is 40.1 Å². The van der Waals surface area contributed by atoms with Crippen molar-refractivity contribution in [2.45, 2.75) is 11.8 Å². The number of sulfonamides is 1. The van der Waals surface area contributed by atoms with E-state index in [1.807, 2.05) is 0 Å². The Morgan fingerprint density at radius 3 is 2.70 bits per heavy atom. The fourth-order valence-electron chi connectivity index (χ4n) is 1.55. The van der Waals surface area contributed by atoms with Crippen molar-refractivity contribution in [2.75, 3.05) is 5.32 Å². The highest BCUT2D eigenvalue weighted by atomic mass is 32.2. The number of benzene rings is 1. The molecule has 1 amide bonds. The number of aromatic nitrogens is 1. The van der Waals surface area contributed by atoms with E-state index >= 15 is 0 Å². The number of primary sulfonamides is 1. The second kappa shape index (κ2) is 5.27. The molecule has 0 fully saturated rings. The van der Waals surface area contributed by atoms with Crippen molar-refractivity contribution >= 4 is 33.0 Å². The van der Waals surface area contributed by atoms with Crippen molar-refractivity contribution in [1.82, 2.24) is 4.98 Å². The first-order valence-electron chi connectivity index (χ1n) is 5.33. The molecule has 1 aromatic heterocycles. The minimum Gasteiger partial charge on any atom is -0.320 e. The first-order chi connectivity index (χ1) is 9.29. The lowest BCUT2D eigenvalue weighted by atomic mass is 10.3. The van der Waals surface area contributed by atoms with Gasteiger partial charge in [-0.3, -0.25) is 4.79 Å². The van der Waals surface area contributed by atoms with Gasteiger partial charge in [0.05, 0.1) is 16.9 Å². The number of rotatable bonds is 3. The first-order valence-corrected chi connectivity index (χ1v) is 7.75. The molecule has 0 aliphatic rings. The summed E-state index contributed by atoms with van der Waals surface area (Å²) < 4.78 is 36.0. The molecule has 0 radical (unpaired) electrons. The van der Waals surface area contributed by atoms with E-state index in [4.69, 9.17) is 5.14 Å². The maximum atomic E-state index is 13.2. The number of thiazole rings is 1. The van der Waals surface area contributed by atoms with Gasteiger partial charge in [-0.15, -0.1) is 11.3 Å². The molecule has 2 aromatic rings. The second-order valence-electron chi connectivity index (χ2n) is 3.91. The van der Waals surface area contributed by atoms with Crippen molar-refractivity contribution in [3.8, 4) is 0 Å². The van der Waals surface area contributed by atoms with Crippen molar-refractivity contribution in [1.29, 1.82) is 0 Å². The lowest BCUT2D eigenvalue weighted by Gasteiger charge is -2.09. The standard InChI is InChI=1S/C11H10FN3O3S2/c1-6-10(19-5-14-6)11(16)15-8-4-7(12)2-3-9(8)20(13,17)18/h2-5H,1H3,(H,15,16)(H2,13,17,18). The van der Waals surface area contributed by atoms with Gasteiger partial charge in [-0.2, -0.15) is 0 Å². The highest BCUT2D eigenvalue weighted by Crippen LogP contribution is 2.23. The summed E-state index contributed by atoms with van der Waals surface area (Å²) in [6.07, 6.45) is 0. The molecule has 106 valence electrons. The van der Waals surface area contributed by atoms with E-state index in [0.29, 0.717) is 10.6 Å². The molecule has 0 aliphatic carbocycles. The van der Waals surface area contributed by atoms with Gasteiger partial charge in [-0.05, 0) is 25.1 Å². The van der Waals surface area contributed by atoms with Gasteiger partial charge < -0.3 is 5.32 Å². The Morgan fingerprint density at radius 1 is 1.45 bits per heavy atom. The zero-order chi connectivity index (χ0) is 14.9. The van der Waals surface area contributed by atoms with Crippen LogP contribution in [0.25, 0.3) is 0 Å². The van der Waals surface area contributed by atoms with Crippen LogP contribution in [0.2, 0.25) is 0 Å². The normalized spacial score (nSPS) is 11.3. The predicted octanol–water partition coefficient (Wildman–Crippen LogP) is 1.49. The van der Waals surface area contributed by atoms with Gasteiger partial charge >= 0.3 is 0 Å². The summed E-state index contributed by atoms with van der Waals surface area (Å²) in [7, 11) is -4.07. The summed E-state index contributed by atoms with van der Waals surface area (Å²) in [6, 6.07) is 2.85. The van der Waals surface area contributed by atoms with Crippen LogP contribution in [0.5, 0.6) is 0 Å². The summed E-state index contributed by atoms with van der Waals surface area (Å²) in [5.74, 6) is -1.26. The maximum absolute atomic E-state index is 13.2. The summed E-state index contributed by atoms with van der Waals surface area (Å²) in [4.78, 5) is 15.9. The molecule has 2 rings (SSSR count). The largest absolute Gasteiger partial charge is 0.320 e. The zero-order valence-electron chi connectivity index (χ0n) is 10.3. The van der Waals surface area contributed by atoms with Crippen LogP contribution in [-0.4, -0.2) is 19.3 Å². The smallest absolute Gasteiger partial charge is 0.267 e.